The van der Waals surface area contributed by atoms with E-state index in [4.69, 9.17) is 5.10 Å². The number of halogens is 1. The second-order valence-electron chi connectivity index (χ2n) is 8.50. The number of benzene rings is 2. The van der Waals surface area contributed by atoms with Gasteiger partial charge in [-0.05, 0) is 68.5 Å². The molecular formula is C24H25FN4O3S. The maximum Gasteiger partial charge on any atom is 0.243 e. The molecule has 9 heteroatoms. The number of nitrogens with zero attached hydrogens (tertiary/aromatic N) is 3. The van der Waals surface area contributed by atoms with Gasteiger partial charge < -0.3 is 5.32 Å². The summed E-state index contributed by atoms with van der Waals surface area (Å²) in [5.41, 5.74) is 3.00. The minimum atomic E-state index is -3.71. The second kappa shape index (κ2) is 8.72. The summed E-state index contributed by atoms with van der Waals surface area (Å²) in [6.07, 6.45) is 3.65. The summed E-state index contributed by atoms with van der Waals surface area (Å²) in [6, 6.07) is 14.5. The molecule has 1 fully saturated rings. The SMILES string of the molecule is O=C(Nc1c2c(nn1-c1ccccc1)CCC2)C1CCN(S(=O)(=O)c2ccc(F)cc2)CC1. The highest BCUT2D eigenvalue weighted by molar-refractivity contribution is 7.89. The zero-order chi connectivity index (χ0) is 23.0. The molecule has 3 aromatic rings. The number of hydrogen-bond acceptors (Lipinski definition) is 4. The van der Waals surface area contributed by atoms with Crippen molar-refractivity contribution in [2.24, 2.45) is 5.92 Å². The maximum atomic E-state index is 13.2. The van der Waals surface area contributed by atoms with Crippen molar-refractivity contribution in [3.63, 3.8) is 0 Å². The van der Waals surface area contributed by atoms with E-state index >= 15 is 0 Å². The van der Waals surface area contributed by atoms with Crippen molar-refractivity contribution in [3.05, 3.63) is 71.7 Å². The Hall–Kier alpha value is -3.04. The van der Waals surface area contributed by atoms with Crippen LogP contribution in [-0.2, 0) is 27.7 Å². The van der Waals surface area contributed by atoms with Crippen LogP contribution in [0.25, 0.3) is 5.69 Å². The number of fused-ring (bicyclic) bond motifs is 1. The smallest absolute Gasteiger partial charge is 0.243 e. The summed E-state index contributed by atoms with van der Waals surface area (Å²) >= 11 is 0. The van der Waals surface area contributed by atoms with Crippen molar-refractivity contribution < 1.29 is 17.6 Å². The number of carbonyl (C=O) groups is 1. The summed E-state index contributed by atoms with van der Waals surface area (Å²) in [4.78, 5) is 13.2. The molecule has 1 amide bonds. The Morgan fingerprint density at radius 2 is 1.70 bits per heavy atom. The molecule has 0 unspecified atom stereocenters. The lowest BCUT2D eigenvalue weighted by Gasteiger charge is -2.30. The Labute approximate surface area is 192 Å². The van der Waals surface area contributed by atoms with E-state index in [2.05, 4.69) is 5.32 Å². The molecule has 2 aromatic carbocycles. The first-order chi connectivity index (χ1) is 15.9. The first-order valence-corrected chi connectivity index (χ1v) is 12.6. The highest BCUT2D eigenvalue weighted by Gasteiger charge is 2.33. The van der Waals surface area contributed by atoms with Crippen molar-refractivity contribution in [1.29, 1.82) is 0 Å². The van der Waals surface area contributed by atoms with Crippen LogP contribution in [0.4, 0.5) is 10.2 Å². The molecule has 0 saturated carbocycles. The number of nitrogens with one attached hydrogen (secondary N) is 1. The van der Waals surface area contributed by atoms with Gasteiger partial charge in [0, 0.05) is 24.6 Å². The Morgan fingerprint density at radius 3 is 2.39 bits per heavy atom. The lowest BCUT2D eigenvalue weighted by molar-refractivity contribution is -0.121. The zero-order valence-corrected chi connectivity index (χ0v) is 18.9. The molecule has 1 aliphatic heterocycles. The van der Waals surface area contributed by atoms with E-state index < -0.39 is 15.8 Å². The van der Waals surface area contributed by atoms with Gasteiger partial charge in [-0.15, -0.1) is 0 Å². The van der Waals surface area contributed by atoms with Gasteiger partial charge in [-0.3, -0.25) is 4.79 Å². The van der Waals surface area contributed by atoms with Crippen LogP contribution in [0.15, 0.2) is 59.5 Å². The normalized spacial score (nSPS) is 17.1. The molecule has 7 nitrogen and oxygen atoms in total. The van der Waals surface area contributed by atoms with Crippen molar-refractivity contribution in [1.82, 2.24) is 14.1 Å². The quantitative estimate of drug-likeness (QED) is 0.621. The highest BCUT2D eigenvalue weighted by atomic mass is 32.2. The largest absolute Gasteiger partial charge is 0.310 e. The van der Waals surface area contributed by atoms with Crippen LogP contribution < -0.4 is 5.32 Å². The first kappa shape index (κ1) is 21.8. The monoisotopic (exact) mass is 468 g/mol. The van der Waals surface area contributed by atoms with E-state index in [1.165, 1.54) is 16.4 Å². The van der Waals surface area contributed by atoms with E-state index in [1.54, 1.807) is 4.68 Å². The van der Waals surface area contributed by atoms with E-state index in [0.29, 0.717) is 12.8 Å². The lowest BCUT2D eigenvalue weighted by atomic mass is 9.97. The average molecular weight is 469 g/mol. The number of piperidine rings is 1. The average Bonchev–Trinajstić information content (AvgIpc) is 3.43. The van der Waals surface area contributed by atoms with Gasteiger partial charge in [-0.1, -0.05) is 18.2 Å². The molecule has 2 aliphatic rings. The van der Waals surface area contributed by atoms with Gasteiger partial charge in [-0.2, -0.15) is 9.40 Å². The number of hydrogen-bond donors (Lipinski definition) is 1. The van der Waals surface area contributed by atoms with E-state index in [9.17, 15) is 17.6 Å². The third kappa shape index (κ3) is 4.18. The molecule has 0 atom stereocenters. The van der Waals surface area contributed by atoms with Crippen molar-refractivity contribution in [2.75, 3.05) is 18.4 Å². The number of carbonyl (C=O) groups excluding carboxylic acids is 1. The van der Waals surface area contributed by atoms with Crippen LogP contribution in [0.2, 0.25) is 0 Å². The van der Waals surface area contributed by atoms with Crippen LogP contribution in [0.1, 0.15) is 30.5 Å². The van der Waals surface area contributed by atoms with Gasteiger partial charge in [0.05, 0.1) is 16.3 Å². The Morgan fingerprint density at radius 1 is 1.00 bits per heavy atom. The molecule has 0 radical (unpaired) electrons. The number of amides is 1. The fourth-order valence-electron chi connectivity index (χ4n) is 4.61. The van der Waals surface area contributed by atoms with Crippen LogP contribution in [0.3, 0.4) is 0 Å². The summed E-state index contributed by atoms with van der Waals surface area (Å²) in [5, 5.41) is 7.83. The molecule has 1 aromatic heterocycles. The number of aryl methyl sites for hydroxylation is 1. The summed E-state index contributed by atoms with van der Waals surface area (Å²) in [6.45, 7) is 0.488. The topological polar surface area (TPSA) is 84.3 Å². The molecule has 0 bridgehead atoms. The molecule has 2 heterocycles. The van der Waals surface area contributed by atoms with Gasteiger partial charge in [0.25, 0.3) is 0 Å². The maximum absolute atomic E-state index is 13.2. The van der Waals surface area contributed by atoms with Gasteiger partial charge in [-0.25, -0.2) is 17.5 Å². The number of sulfonamides is 1. The number of aromatic nitrogens is 2. The Kier molecular flexibility index (Phi) is 5.76. The van der Waals surface area contributed by atoms with Gasteiger partial charge in [0.2, 0.25) is 15.9 Å². The summed E-state index contributed by atoms with van der Waals surface area (Å²) in [5.74, 6) is -0.160. The zero-order valence-electron chi connectivity index (χ0n) is 18.1. The number of rotatable bonds is 5. The first-order valence-electron chi connectivity index (χ1n) is 11.2. The predicted octanol–water partition coefficient (Wildman–Crippen LogP) is 3.54. The van der Waals surface area contributed by atoms with Crippen molar-refractivity contribution >= 4 is 21.7 Å². The minimum Gasteiger partial charge on any atom is -0.310 e. The highest BCUT2D eigenvalue weighted by Crippen LogP contribution is 2.32. The fourth-order valence-corrected chi connectivity index (χ4v) is 6.08. The minimum absolute atomic E-state index is 0.0640. The lowest BCUT2D eigenvalue weighted by Crippen LogP contribution is -2.41. The Bertz CT molecular complexity index is 1270. The summed E-state index contributed by atoms with van der Waals surface area (Å²) in [7, 11) is -3.71. The summed E-state index contributed by atoms with van der Waals surface area (Å²) < 4.78 is 42.0. The predicted molar refractivity (Wildman–Crippen MR) is 122 cm³/mol. The molecule has 172 valence electrons. The molecule has 1 N–H and O–H groups in total. The third-order valence-corrected chi connectivity index (χ3v) is 8.34. The molecule has 1 aliphatic carbocycles. The van der Waals surface area contributed by atoms with Crippen molar-refractivity contribution in [3.8, 4) is 5.69 Å². The van der Waals surface area contributed by atoms with Gasteiger partial charge in [0.15, 0.2) is 0 Å². The van der Waals surface area contributed by atoms with Gasteiger partial charge >= 0.3 is 0 Å². The van der Waals surface area contributed by atoms with Crippen molar-refractivity contribution in [2.45, 2.75) is 37.0 Å². The molecule has 33 heavy (non-hydrogen) atoms. The van der Waals surface area contributed by atoms with Gasteiger partial charge in [0.1, 0.15) is 11.6 Å². The van der Waals surface area contributed by atoms with Crippen LogP contribution in [-0.4, -0.2) is 41.5 Å². The van der Waals surface area contributed by atoms with E-state index in [1.807, 2.05) is 30.3 Å². The fraction of sp³-hybridized carbons (Fsp3) is 0.333. The molecule has 5 rings (SSSR count). The third-order valence-electron chi connectivity index (χ3n) is 6.43. The van der Waals surface area contributed by atoms with Crippen LogP contribution >= 0.6 is 0 Å². The Balaban J connectivity index is 1.29. The standard InChI is InChI=1S/C24H25FN4O3S/c25-18-9-11-20(12-10-18)33(31,32)28-15-13-17(14-16-28)24(30)26-23-21-7-4-8-22(21)27-29(23)19-5-2-1-3-6-19/h1-3,5-6,9-12,17H,4,7-8,13-16H2,(H,26,30). The molecule has 0 spiro atoms. The van der Waals surface area contributed by atoms with E-state index in [0.717, 1.165) is 54.2 Å². The van der Waals surface area contributed by atoms with E-state index in [-0.39, 0.29) is 29.8 Å². The molecular weight excluding hydrogens is 443 g/mol. The van der Waals surface area contributed by atoms with Crippen LogP contribution in [0.5, 0.6) is 0 Å². The van der Waals surface area contributed by atoms with Crippen LogP contribution in [0, 0.1) is 11.7 Å². The second-order valence-corrected chi connectivity index (χ2v) is 10.4. The molecule has 1 saturated heterocycles. The number of anilines is 1. The number of para-hydroxylation sites is 1.